The Balaban J connectivity index is 2.28. The van der Waals surface area contributed by atoms with Gasteiger partial charge in [0.15, 0.2) is 0 Å². The number of hydrogen-bond acceptors (Lipinski definition) is 2. The molecule has 1 aromatic rings. The first-order valence-corrected chi connectivity index (χ1v) is 7.16. The molecule has 2 rings (SSSR count). The normalized spacial score (nSPS) is 18.3. The van der Waals surface area contributed by atoms with Crippen molar-refractivity contribution in [1.29, 1.82) is 0 Å². The summed E-state index contributed by atoms with van der Waals surface area (Å²) in [6.45, 7) is 5.17. The van der Waals surface area contributed by atoms with Crippen molar-refractivity contribution in [1.82, 2.24) is 15.1 Å². The van der Waals surface area contributed by atoms with Crippen molar-refractivity contribution in [2.24, 2.45) is 0 Å². The fourth-order valence-electron chi connectivity index (χ4n) is 2.88. The third-order valence-electron chi connectivity index (χ3n) is 3.76. The lowest BCUT2D eigenvalue weighted by atomic mass is 9.99. The van der Waals surface area contributed by atoms with Crippen molar-refractivity contribution in [3.63, 3.8) is 0 Å². The van der Waals surface area contributed by atoms with Crippen LogP contribution in [-0.2, 0) is 6.54 Å². The molecule has 0 radical (unpaired) electrons. The molecule has 0 aromatic carbocycles. The van der Waals surface area contributed by atoms with Crippen molar-refractivity contribution < 1.29 is 0 Å². The van der Waals surface area contributed by atoms with E-state index >= 15 is 0 Å². The Bertz CT molecular complexity index is 417. The lowest BCUT2D eigenvalue weighted by Gasteiger charge is -2.20. The maximum Gasteiger partial charge on any atom is 0.0705 e. The highest BCUT2D eigenvalue weighted by Crippen LogP contribution is 2.29. The van der Waals surface area contributed by atoms with E-state index in [9.17, 15) is 0 Å². The molecule has 0 amide bonds. The molecule has 1 aromatic heterocycles. The van der Waals surface area contributed by atoms with E-state index in [1.54, 1.807) is 5.57 Å². The van der Waals surface area contributed by atoms with Crippen LogP contribution in [0.15, 0.2) is 17.7 Å². The minimum absolute atomic E-state index is 0.337. The Kier molecular flexibility index (Phi) is 4.59. The average molecular weight is 247 g/mol. The summed E-state index contributed by atoms with van der Waals surface area (Å²) in [5.74, 6) is 0. The van der Waals surface area contributed by atoms with Gasteiger partial charge in [0.05, 0.1) is 17.4 Å². The van der Waals surface area contributed by atoms with Crippen molar-refractivity contribution in [2.45, 2.75) is 58.5 Å². The highest BCUT2D eigenvalue weighted by atomic mass is 15.3. The molecule has 1 N–H and O–H groups in total. The molecule has 0 saturated heterocycles. The number of hydrogen-bond donors (Lipinski definition) is 1. The molecule has 1 unspecified atom stereocenters. The molecule has 3 nitrogen and oxygen atoms in total. The first-order chi connectivity index (χ1) is 8.76. The fourth-order valence-corrected chi connectivity index (χ4v) is 2.88. The lowest BCUT2D eigenvalue weighted by Crippen LogP contribution is -2.22. The molecule has 100 valence electrons. The van der Waals surface area contributed by atoms with Gasteiger partial charge in [-0.05, 0) is 52.6 Å². The summed E-state index contributed by atoms with van der Waals surface area (Å²) in [4.78, 5) is 0. The predicted octanol–water partition coefficient (Wildman–Crippen LogP) is 3.36. The van der Waals surface area contributed by atoms with Gasteiger partial charge < -0.3 is 5.32 Å². The highest BCUT2D eigenvalue weighted by molar-refractivity contribution is 5.25. The SMILES string of the molecule is CCn1nc(C)cc1C(NC)C1=CCCCCC1. The Hall–Kier alpha value is -1.09. The number of aryl methyl sites for hydroxylation is 2. The van der Waals surface area contributed by atoms with E-state index in [-0.39, 0.29) is 0 Å². The number of likely N-dealkylation sites (N-methyl/N-ethyl adjacent to an activating group) is 1. The van der Waals surface area contributed by atoms with Gasteiger partial charge in [-0.2, -0.15) is 5.10 Å². The van der Waals surface area contributed by atoms with Crippen molar-refractivity contribution in [3.05, 3.63) is 29.1 Å². The van der Waals surface area contributed by atoms with E-state index < -0.39 is 0 Å². The summed E-state index contributed by atoms with van der Waals surface area (Å²) in [6.07, 6.45) is 8.92. The first-order valence-electron chi connectivity index (χ1n) is 7.16. The van der Waals surface area contributed by atoms with Gasteiger partial charge in [0, 0.05) is 6.54 Å². The Morgan fingerprint density at radius 3 is 2.94 bits per heavy atom. The van der Waals surface area contributed by atoms with Crippen LogP contribution in [0.4, 0.5) is 0 Å². The molecule has 0 spiro atoms. The molecule has 3 heteroatoms. The third kappa shape index (κ3) is 2.83. The zero-order valence-corrected chi connectivity index (χ0v) is 11.9. The predicted molar refractivity (Wildman–Crippen MR) is 75.6 cm³/mol. The second-order valence-corrected chi connectivity index (χ2v) is 5.13. The maximum atomic E-state index is 4.57. The van der Waals surface area contributed by atoms with E-state index in [0.717, 1.165) is 12.2 Å². The van der Waals surface area contributed by atoms with Crippen LogP contribution in [0.1, 0.15) is 56.5 Å². The molecule has 1 heterocycles. The zero-order valence-electron chi connectivity index (χ0n) is 11.9. The molecule has 1 atom stereocenters. The van der Waals surface area contributed by atoms with E-state index in [1.807, 2.05) is 0 Å². The van der Waals surface area contributed by atoms with Gasteiger partial charge in [-0.25, -0.2) is 0 Å². The van der Waals surface area contributed by atoms with Crippen LogP contribution in [0.5, 0.6) is 0 Å². The van der Waals surface area contributed by atoms with Gasteiger partial charge in [0.1, 0.15) is 0 Å². The van der Waals surface area contributed by atoms with Gasteiger partial charge in [0.25, 0.3) is 0 Å². The first kappa shape index (κ1) is 13.3. The Morgan fingerprint density at radius 1 is 1.39 bits per heavy atom. The number of nitrogens with zero attached hydrogens (tertiary/aromatic N) is 2. The molecule has 0 bridgehead atoms. The molecular formula is C15H25N3. The molecule has 18 heavy (non-hydrogen) atoms. The van der Waals surface area contributed by atoms with Gasteiger partial charge >= 0.3 is 0 Å². The summed E-state index contributed by atoms with van der Waals surface area (Å²) in [7, 11) is 2.05. The third-order valence-corrected chi connectivity index (χ3v) is 3.76. The molecule has 0 fully saturated rings. The van der Waals surface area contributed by atoms with Crippen LogP contribution in [0.2, 0.25) is 0 Å². The second-order valence-electron chi connectivity index (χ2n) is 5.13. The Morgan fingerprint density at radius 2 is 2.22 bits per heavy atom. The van der Waals surface area contributed by atoms with Crippen molar-refractivity contribution >= 4 is 0 Å². The molecule has 1 aliphatic carbocycles. The standard InChI is InChI=1S/C15H25N3/c1-4-18-14(11-12(2)17-18)15(16-3)13-9-7-5-6-8-10-13/h9,11,15-16H,4-8,10H2,1-3H3. The fraction of sp³-hybridized carbons (Fsp3) is 0.667. The molecule has 0 aliphatic heterocycles. The van der Waals surface area contributed by atoms with E-state index in [4.69, 9.17) is 0 Å². The van der Waals surface area contributed by atoms with Crippen LogP contribution >= 0.6 is 0 Å². The quantitative estimate of drug-likeness (QED) is 0.827. The summed E-state index contributed by atoms with van der Waals surface area (Å²) in [5.41, 5.74) is 3.97. The minimum atomic E-state index is 0.337. The summed E-state index contributed by atoms with van der Waals surface area (Å²) in [5, 5.41) is 8.04. The van der Waals surface area contributed by atoms with Gasteiger partial charge in [-0.1, -0.05) is 18.1 Å². The van der Waals surface area contributed by atoms with Crippen LogP contribution in [-0.4, -0.2) is 16.8 Å². The summed E-state index contributed by atoms with van der Waals surface area (Å²) in [6, 6.07) is 2.56. The van der Waals surface area contributed by atoms with Crippen LogP contribution in [0.25, 0.3) is 0 Å². The van der Waals surface area contributed by atoms with E-state index in [0.29, 0.717) is 6.04 Å². The van der Waals surface area contributed by atoms with Crippen LogP contribution in [0.3, 0.4) is 0 Å². The number of allylic oxidation sites excluding steroid dienone is 1. The minimum Gasteiger partial charge on any atom is -0.308 e. The lowest BCUT2D eigenvalue weighted by molar-refractivity contribution is 0.542. The maximum absolute atomic E-state index is 4.57. The summed E-state index contributed by atoms with van der Waals surface area (Å²) >= 11 is 0. The van der Waals surface area contributed by atoms with Gasteiger partial charge in [-0.15, -0.1) is 0 Å². The topological polar surface area (TPSA) is 29.9 Å². The second kappa shape index (κ2) is 6.19. The van der Waals surface area contributed by atoms with Crippen LogP contribution < -0.4 is 5.32 Å². The average Bonchev–Trinajstić information content (AvgIpc) is 2.58. The largest absolute Gasteiger partial charge is 0.308 e. The number of nitrogens with one attached hydrogen (secondary N) is 1. The molecular weight excluding hydrogens is 222 g/mol. The number of aromatic nitrogens is 2. The van der Waals surface area contributed by atoms with Gasteiger partial charge in [0.2, 0.25) is 0 Å². The molecule has 1 aliphatic rings. The van der Waals surface area contributed by atoms with E-state index in [1.165, 1.54) is 37.8 Å². The Labute approximate surface area is 110 Å². The number of rotatable bonds is 4. The van der Waals surface area contributed by atoms with Crippen molar-refractivity contribution in [3.8, 4) is 0 Å². The summed E-state index contributed by atoms with van der Waals surface area (Å²) < 4.78 is 2.13. The van der Waals surface area contributed by atoms with E-state index in [2.05, 4.69) is 48.1 Å². The smallest absolute Gasteiger partial charge is 0.0705 e. The van der Waals surface area contributed by atoms with Gasteiger partial charge in [-0.3, -0.25) is 4.68 Å². The molecule has 0 saturated carbocycles. The highest BCUT2D eigenvalue weighted by Gasteiger charge is 2.20. The van der Waals surface area contributed by atoms with Crippen molar-refractivity contribution in [2.75, 3.05) is 7.05 Å². The zero-order chi connectivity index (χ0) is 13.0. The van der Waals surface area contributed by atoms with Crippen LogP contribution in [0, 0.1) is 6.92 Å². The monoisotopic (exact) mass is 247 g/mol.